The van der Waals surface area contributed by atoms with Crippen molar-refractivity contribution in [1.29, 1.82) is 0 Å². The Balaban J connectivity index is 3.57. The maximum Gasteiger partial charge on any atom is 0.236 e. The van der Waals surface area contributed by atoms with Crippen molar-refractivity contribution in [3.63, 3.8) is 0 Å². The summed E-state index contributed by atoms with van der Waals surface area (Å²) in [7, 11) is 0. The maximum absolute atomic E-state index is 11.0. The van der Waals surface area contributed by atoms with E-state index in [1.165, 1.54) is 0 Å². The zero-order valence-electron chi connectivity index (χ0n) is 7.26. The standard InChI is InChI=1S/C7H16N2OS/c1-5(4-11-3)9-7(10)6(2)8/h5-6H,4,8H2,1-3H3,(H,9,10)/t5?,6-/m1/s1. The van der Waals surface area contributed by atoms with Gasteiger partial charge in [0.2, 0.25) is 5.91 Å². The molecule has 0 aliphatic rings. The highest BCUT2D eigenvalue weighted by Crippen LogP contribution is 1.95. The number of rotatable bonds is 4. The molecule has 2 atom stereocenters. The van der Waals surface area contributed by atoms with Crippen molar-refractivity contribution in [2.75, 3.05) is 12.0 Å². The molecule has 0 saturated heterocycles. The van der Waals surface area contributed by atoms with E-state index in [4.69, 9.17) is 5.73 Å². The van der Waals surface area contributed by atoms with Gasteiger partial charge in [0.05, 0.1) is 6.04 Å². The van der Waals surface area contributed by atoms with Crippen LogP contribution in [0.15, 0.2) is 0 Å². The Hall–Kier alpha value is -0.220. The molecule has 0 aliphatic carbocycles. The van der Waals surface area contributed by atoms with Gasteiger partial charge in [-0.3, -0.25) is 4.79 Å². The minimum absolute atomic E-state index is 0.0773. The largest absolute Gasteiger partial charge is 0.351 e. The lowest BCUT2D eigenvalue weighted by Gasteiger charge is -2.13. The van der Waals surface area contributed by atoms with Crippen molar-refractivity contribution in [3.8, 4) is 0 Å². The Labute approximate surface area is 72.1 Å². The molecule has 0 saturated carbocycles. The van der Waals surface area contributed by atoms with Gasteiger partial charge >= 0.3 is 0 Å². The molecule has 3 nitrogen and oxygen atoms in total. The number of carbonyl (C=O) groups is 1. The number of nitrogens with two attached hydrogens (primary N) is 1. The average molecular weight is 176 g/mol. The molecule has 0 heterocycles. The summed E-state index contributed by atoms with van der Waals surface area (Å²) in [5, 5.41) is 2.80. The van der Waals surface area contributed by atoms with E-state index in [0.29, 0.717) is 0 Å². The van der Waals surface area contributed by atoms with Crippen molar-refractivity contribution in [1.82, 2.24) is 5.32 Å². The van der Waals surface area contributed by atoms with E-state index >= 15 is 0 Å². The number of nitrogens with one attached hydrogen (secondary N) is 1. The molecule has 0 aromatic rings. The van der Waals surface area contributed by atoms with Gasteiger partial charge in [-0.2, -0.15) is 11.8 Å². The topological polar surface area (TPSA) is 55.1 Å². The quantitative estimate of drug-likeness (QED) is 0.643. The molecule has 4 heteroatoms. The smallest absolute Gasteiger partial charge is 0.236 e. The molecule has 0 bridgehead atoms. The minimum atomic E-state index is -0.403. The Morgan fingerprint density at radius 2 is 2.18 bits per heavy atom. The van der Waals surface area contributed by atoms with Crippen molar-refractivity contribution in [2.24, 2.45) is 5.73 Å². The van der Waals surface area contributed by atoms with Crippen molar-refractivity contribution >= 4 is 17.7 Å². The molecule has 0 fully saturated rings. The summed E-state index contributed by atoms with van der Waals surface area (Å²) in [4.78, 5) is 11.0. The maximum atomic E-state index is 11.0. The molecule has 1 amide bonds. The van der Waals surface area contributed by atoms with Crippen LogP contribution in [0.25, 0.3) is 0 Å². The molecule has 0 aromatic carbocycles. The van der Waals surface area contributed by atoms with E-state index < -0.39 is 6.04 Å². The highest BCUT2D eigenvalue weighted by molar-refractivity contribution is 7.98. The average Bonchev–Trinajstić information content (AvgIpc) is 1.87. The van der Waals surface area contributed by atoms with Gasteiger partial charge in [-0.05, 0) is 20.1 Å². The molecule has 66 valence electrons. The third-order valence-corrected chi connectivity index (χ3v) is 2.05. The van der Waals surface area contributed by atoms with Gasteiger partial charge in [-0.25, -0.2) is 0 Å². The van der Waals surface area contributed by atoms with Crippen LogP contribution in [0.1, 0.15) is 13.8 Å². The molecule has 3 N–H and O–H groups in total. The van der Waals surface area contributed by atoms with Crippen molar-refractivity contribution in [2.45, 2.75) is 25.9 Å². The Morgan fingerprint density at radius 1 is 1.64 bits per heavy atom. The molecule has 0 aromatic heterocycles. The monoisotopic (exact) mass is 176 g/mol. The highest BCUT2D eigenvalue weighted by Gasteiger charge is 2.09. The van der Waals surface area contributed by atoms with E-state index in [9.17, 15) is 4.79 Å². The van der Waals surface area contributed by atoms with Gasteiger partial charge in [0.1, 0.15) is 0 Å². The van der Waals surface area contributed by atoms with Crippen LogP contribution >= 0.6 is 11.8 Å². The molecule has 0 radical (unpaired) electrons. The predicted octanol–water partition coefficient (Wildman–Crippen LogP) is 0.201. The van der Waals surface area contributed by atoms with Gasteiger partial charge < -0.3 is 11.1 Å². The third kappa shape index (κ3) is 5.09. The number of amides is 1. The van der Waals surface area contributed by atoms with Gasteiger partial charge in [-0.1, -0.05) is 0 Å². The van der Waals surface area contributed by atoms with Gasteiger partial charge in [0, 0.05) is 11.8 Å². The van der Waals surface area contributed by atoms with E-state index in [2.05, 4.69) is 5.32 Å². The number of hydrogen-bond acceptors (Lipinski definition) is 3. The number of thioether (sulfide) groups is 1. The van der Waals surface area contributed by atoms with E-state index in [0.717, 1.165) is 5.75 Å². The lowest BCUT2D eigenvalue weighted by atomic mass is 10.3. The van der Waals surface area contributed by atoms with Crippen molar-refractivity contribution < 1.29 is 4.79 Å². The summed E-state index contributed by atoms with van der Waals surface area (Å²) in [6.45, 7) is 3.65. The summed E-state index contributed by atoms with van der Waals surface area (Å²) >= 11 is 1.71. The van der Waals surface area contributed by atoms with Crippen LogP contribution in [0.3, 0.4) is 0 Å². The van der Waals surface area contributed by atoms with Gasteiger partial charge in [0.15, 0.2) is 0 Å². The van der Waals surface area contributed by atoms with Crippen LogP contribution in [0.2, 0.25) is 0 Å². The zero-order chi connectivity index (χ0) is 8.85. The summed E-state index contributed by atoms with van der Waals surface area (Å²) in [6.07, 6.45) is 2.01. The SMILES string of the molecule is CSCC(C)NC(=O)[C@@H](C)N. The normalized spacial score (nSPS) is 15.6. The van der Waals surface area contributed by atoms with Crippen LogP contribution < -0.4 is 11.1 Å². The second-order valence-corrected chi connectivity index (χ2v) is 3.56. The van der Waals surface area contributed by atoms with Crippen LogP contribution in [-0.4, -0.2) is 30.0 Å². The lowest BCUT2D eigenvalue weighted by molar-refractivity contribution is -0.122. The molecular weight excluding hydrogens is 160 g/mol. The summed E-state index contributed by atoms with van der Waals surface area (Å²) < 4.78 is 0. The minimum Gasteiger partial charge on any atom is -0.351 e. The summed E-state index contributed by atoms with van der Waals surface area (Å²) in [6, 6.07) is -0.192. The van der Waals surface area contributed by atoms with Crippen LogP contribution in [0.5, 0.6) is 0 Å². The second kappa shape index (κ2) is 5.43. The Kier molecular flexibility index (Phi) is 5.32. The first-order valence-electron chi connectivity index (χ1n) is 3.62. The molecule has 1 unspecified atom stereocenters. The molecular formula is C7H16N2OS. The van der Waals surface area contributed by atoms with Crippen LogP contribution in [-0.2, 0) is 4.79 Å². The van der Waals surface area contributed by atoms with E-state index in [1.807, 2.05) is 13.2 Å². The van der Waals surface area contributed by atoms with E-state index in [1.54, 1.807) is 18.7 Å². The molecule has 0 rings (SSSR count). The van der Waals surface area contributed by atoms with Crippen molar-refractivity contribution in [3.05, 3.63) is 0 Å². The molecule has 11 heavy (non-hydrogen) atoms. The predicted molar refractivity (Wildman–Crippen MR) is 49.6 cm³/mol. The first-order valence-corrected chi connectivity index (χ1v) is 5.02. The molecule has 0 spiro atoms. The third-order valence-electron chi connectivity index (χ3n) is 1.22. The fraction of sp³-hybridized carbons (Fsp3) is 0.857. The Bertz CT molecular complexity index is 128. The summed E-state index contributed by atoms with van der Waals surface area (Å²) in [5.74, 6) is 0.852. The Morgan fingerprint density at radius 3 is 2.55 bits per heavy atom. The van der Waals surface area contributed by atoms with Gasteiger partial charge in [-0.15, -0.1) is 0 Å². The fourth-order valence-electron chi connectivity index (χ4n) is 0.666. The lowest BCUT2D eigenvalue weighted by Crippen LogP contribution is -2.43. The highest BCUT2D eigenvalue weighted by atomic mass is 32.2. The van der Waals surface area contributed by atoms with Gasteiger partial charge in [0.25, 0.3) is 0 Å². The van der Waals surface area contributed by atoms with Crippen LogP contribution in [0.4, 0.5) is 0 Å². The fourth-order valence-corrected chi connectivity index (χ4v) is 1.25. The molecule has 0 aliphatic heterocycles. The zero-order valence-corrected chi connectivity index (χ0v) is 8.07. The van der Waals surface area contributed by atoms with E-state index in [-0.39, 0.29) is 11.9 Å². The first kappa shape index (κ1) is 10.8. The van der Waals surface area contributed by atoms with Crippen LogP contribution in [0, 0.1) is 0 Å². The number of hydrogen-bond donors (Lipinski definition) is 2. The summed E-state index contributed by atoms with van der Waals surface area (Å²) in [5.41, 5.74) is 5.36. The second-order valence-electron chi connectivity index (χ2n) is 2.65. The number of carbonyl (C=O) groups excluding carboxylic acids is 1. The first-order chi connectivity index (χ1) is 5.07.